The van der Waals surface area contributed by atoms with Crippen LogP contribution in [0.5, 0.6) is 0 Å². The minimum atomic E-state index is 0.00308. The summed E-state index contributed by atoms with van der Waals surface area (Å²) < 4.78 is 0. The predicted octanol–water partition coefficient (Wildman–Crippen LogP) is 2.38. The number of halogens is 1. The molecule has 1 heterocycles. The Hall–Kier alpha value is -0.730. The quantitative estimate of drug-likeness (QED) is 0.832. The summed E-state index contributed by atoms with van der Waals surface area (Å²) in [6, 6.07) is 7.71. The maximum Gasteiger partial charge on any atom is 0.0635 e. The zero-order valence-corrected chi connectivity index (χ0v) is 9.19. The normalized spacial score (nSPS) is 25.9. The average molecular weight is 224 g/mol. The third-order valence-electron chi connectivity index (χ3n) is 2.88. The van der Waals surface area contributed by atoms with Crippen molar-refractivity contribution >= 4 is 17.3 Å². The molecule has 2 radical (unpaired) electrons. The maximum atomic E-state index is 9.25. The number of hydrogen-bond acceptors (Lipinski definition) is 2. The van der Waals surface area contributed by atoms with Crippen LogP contribution in [-0.2, 0) is 0 Å². The lowest BCUT2D eigenvalue weighted by Crippen LogP contribution is -2.36. The van der Waals surface area contributed by atoms with Gasteiger partial charge in [-0.1, -0.05) is 11.6 Å². The van der Waals surface area contributed by atoms with Crippen molar-refractivity contribution in [1.29, 1.82) is 0 Å². The molecule has 80 valence electrons. The van der Waals surface area contributed by atoms with Crippen LogP contribution in [0.2, 0.25) is 5.02 Å². The van der Waals surface area contributed by atoms with Gasteiger partial charge >= 0.3 is 0 Å². The van der Waals surface area contributed by atoms with Crippen molar-refractivity contribution in [3.05, 3.63) is 36.2 Å². The number of rotatable bonds is 2. The summed E-state index contributed by atoms with van der Waals surface area (Å²) >= 11 is 5.83. The summed E-state index contributed by atoms with van der Waals surface area (Å²) in [5.41, 5.74) is 1.03. The monoisotopic (exact) mass is 223 g/mol. The summed E-state index contributed by atoms with van der Waals surface area (Å²) in [5, 5.41) is 9.96. The van der Waals surface area contributed by atoms with Crippen LogP contribution in [0.25, 0.3) is 0 Å². The summed E-state index contributed by atoms with van der Waals surface area (Å²) in [6.45, 7) is 6.15. The Kier molecular flexibility index (Phi) is 3.17. The van der Waals surface area contributed by atoms with Crippen LogP contribution in [0.4, 0.5) is 5.69 Å². The van der Waals surface area contributed by atoms with E-state index in [-0.39, 0.29) is 18.7 Å². The third-order valence-corrected chi connectivity index (χ3v) is 3.13. The van der Waals surface area contributed by atoms with Gasteiger partial charge in [-0.05, 0) is 44.0 Å². The van der Waals surface area contributed by atoms with E-state index >= 15 is 0 Å². The van der Waals surface area contributed by atoms with Crippen LogP contribution in [0, 0.1) is 6.92 Å². The molecule has 1 fully saturated rings. The average Bonchev–Trinajstić information content (AvgIpc) is 2.61. The molecule has 2 unspecified atom stereocenters. The lowest BCUT2D eigenvalue weighted by atomic mass is 10.2. The van der Waals surface area contributed by atoms with Gasteiger partial charge in [0, 0.05) is 16.8 Å². The molecular weight excluding hydrogens is 210 g/mol. The number of hydrogen-bond donors (Lipinski definition) is 1. The van der Waals surface area contributed by atoms with Crippen molar-refractivity contribution in [2.24, 2.45) is 0 Å². The van der Waals surface area contributed by atoms with Crippen LogP contribution in [0.1, 0.15) is 12.8 Å². The summed E-state index contributed by atoms with van der Waals surface area (Å²) in [5.74, 6) is 0. The maximum absolute atomic E-state index is 9.25. The van der Waals surface area contributed by atoms with Gasteiger partial charge in [0.2, 0.25) is 0 Å². The third kappa shape index (κ3) is 2.11. The Labute approximate surface area is 95.5 Å². The van der Waals surface area contributed by atoms with Gasteiger partial charge in [-0.15, -0.1) is 0 Å². The topological polar surface area (TPSA) is 23.5 Å². The van der Waals surface area contributed by atoms with Gasteiger partial charge in [-0.3, -0.25) is 0 Å². The lowest BCUT2D eigenvalue weighted by Gasteiger charge is -2.29. The summed E-state index contributed by atoms with van der Waals surface area (Å²) in [4.78, 5) is 2.07. The van der Waals surface area contributed by atoms with Crippen LogP contribution >= 0.6 is 11.6 Å². The zero-order valence-electron chi connectivity index (χ0n) is 8.44. The van der Waals surface area contributed by atoms with Crippen LogP contribution in [0.3, 0.4) is 0 Å². The molecule has 1 aromatic carbocycles. The van der Waals surface area contributed by atoms with E-state index in [1.165, 1.54) is 0 Å². The van der Waals surface area contributed by atoms with Crippen LogP contribution in [-0.4, -0.2) is 23.8 Å². The molecule has 0 aliphatic carbocycles. The Balaban J connectivity index is 2.24. The molecule has 2 rings (SSSR count). The molecule has 1 aliphatic heterocycles. The highest BCUT2D eigenvalue weighted by Gasteiger charge is 2.30. The second-order valence-electron chi connectivity index (χ2n) is 3.86. The first kappa shape index (κ1) is 10.8. The lowest BCUT2D eigenvalue weighted by molar-refractivity contribution is 0.265. The Morgan fingerprint density at radius 3 is 2.60 bits per heavy atom. The number of anilines is 1. The Morgan fingerprint density at radius 1 is 1.33 bits per heavy atom. The first-order valence-electron chi connectivity index (χ1n) is 5.12. The van der Waals surface area contributed by atoms with E-state index in [0.29, 0.717) is 5.02 Å². The summed E-state index contributed by atoms with van der Waals surface area (Å²) in [6.07, 6.45) is 1.87. The zero-order chi connectivity index (χ0) is 10.8. The number of nitrogens with zero attached hydrogens (tertiary/aromatic N) is 1. The molecule has 0 amide bonds. The van der Waals surface area contributed by atoms with E-state index in [4.69, 9.17) is 18.5 Å². The molecule has 2 atom stereocenters. The fourth-order valence-electron chi connectivity index (χ4n) is 2.11. The highest BCUT2D eigenvalue weighted by atomic mass is 35.5. The van der Waals surface area contributed by atoms with E-state index in [0.717, 1.165) is 18.5 Å². The first-order chi connectivity index (χ1) is 7.22. The van der Waals surface area contributed by atoms with E-state index in [1.807, 2.05) is 24.3 Å². The smallest absolute Gasteiger partial charge is 0.0635 e. The van der Waals surface area contributed by atoms with Gasteiger partial charge in [0.05, 0.1) is 12.6 Å². The predicted molar refractivity (Wildman–Crippen MR) is 62.1 cm³/mol. The Morgan fingerprint density at radius 2 is 2.00 bits per heavy atom. The Bertz CT molecular complexity index is 325. The van der Waals surface area contributed by atoms with Gasteiger partial charge in [0.15, 0.2) is 0 Å². The summed E-state index contributed by atoms with van der Waals surface area (Å²) in [7, 11) is 0. The molecule has 1 saturated heterocycles. The molecule has 15 heavy (non-hydrogen) atoms. The van der Waals surface area contributed by atoms with E-state index < -0.39 is 0 Å². The van der Waals surface area contributed by atoms with E-state index in [2.05, 4.69) is 4.90 Å². The number of aliphatic hydroxyl groups is 1. The molecule has 0 aromatic heterocycles. The number of benzene rings is 1. The van der Waals surface area contributed by atoms with Gasteiger partial charge in [-0.25, -0.2) is 0 Å². The van der Waals surface area contributed by atoms with Crippen molar-refractivity contribution in [3.8, 4) is 0 Å². The van der Waals surface area contributed by atoms with E-state index in [9.17, 15) is 5.11 Å². The van der Waals surface area contributed by atoms with Gasteiger partial charge in [0.25, 0.3) is 0 Å². The van der Waals surface area contributed by atoms with Crippen molar-refractivity contribution < 1.29 is 5.11 Å². The molecule has 0 bridgehead atoms. The van der Waals surface area contributed by atoms with Crippen molar-refractivity contribution in [2.75, 3.05) is 11.5 Å². The van der Waals surface area contributed by atoms with Crippen LogP contribution < -0.4 is 4.90 Å². The molecule has 1 aromatic rings. The number of aliphatic hydroxyl groups excluding tert-OH is 1. The van der Waals surface area contributed by atoms with Gasteiger partial charge in [-0.2, -0.15) is 0 Å². The van der Waals surface area contributed by atoms with E-state index in [1.54, 1.807) is 0 Å². The van der Waals surface area contributed by atoms with Crippen molar-refractivity contribution in [1.82, 2.24) is 0 Å². The molecule has 2 nitrogen and oxygen atoms in total. The molecular formula is C12H14ClNO. The first-order valence-corrected chi connectivity index (χ1v) is 5.50. The molecule has 3 heteroatoms. The van der Waals surface area contributed by atoms with Gasteiger partial charge in [0.1, 0.15) is 0 Å². The fourth-order valence-corrected chi connectivity index (χ4v) is 2.23. The minimum absolute atomic E-state index is 0.00308. The fraction of sp³-hybridized carbons (Fsp3) is 0.417. The largest absolute Gasteiger partial charge is 0.394 e. The van der Waals surface area contributed by atoms with Crippen molar-refractivity contribution in [3.63, 3.8) is 0 Å². The highest BCUT2D eigenvalue weighted by molar-refractivity contribution is 6.30. The molecule has 0 saturated carbocycles. The molecule has 1 N–H and O–H groups in total. The second kappa shape index (κ2) is 4.42. The standard InChI is InChI=1S/C12H14ClNO/c1-9-2-5-12(8-15)14(9)11-6-3-10(13)4-7-11/h1,3-4,6-7,9,12,15H,2,5,8H2. The molecule has 1 aliphatic rings. The SMILES string of the molecule is [CH]C1CCC(CO)N1c1ccc(Cl)cc1. The van der Waals surface area contributed by atoms with Crippen molar-refractivity contribution in [2.45, 2.75) is 24.9 Å². The van der Waals surface area contributed by atoms with Gasteiger partial charge < -0.3 is 10.0 Å². The highest BCUT2D eigenvalue weighted by Crippen LogP contribution is 2.30. The molecule has 0 spiro atoms. The second-order valence-corrected chi connectivity index (χ2v) is 4.30. The minimum Gasteiger partial charge on any atom is -0.394 e. The van der Waals surface area contributed by atoms with Crippen LogP contribution in [0.15, 0.2) is 24.3 Å².